The summed E-state index contributed by atoms with van der Waals surface area (Å²) in [6, 6.07) is 4.23. The summed E-state index contributed by atoms with van der Waals surface area (Å²) < 4.78 is 0. The first-order chi connectivity index (χ1) is 11.1. The zero-order valence-corrected chi connectivity index (χ0v) is 13.9. The van der Waals surface area contributed by atoms with Crippen molar-refractivity contribution < 1.29 is 4.79 Å². The van der Waals surface area contributed by atoms with E-state index in [9.17, 15) is 4.79 Å². The van der Waals surface area contributed by atoms with Crippen LogP contribution in [0, 0.1) is 0 Å². The summed E-state index contributed by atoms with van der Waals surface area (Å²) >= 11 is 0. The lowest BCUT2D eigenvalue weighted by atomic mass is 10.2. The molecule has 0 aliphatic heterocycles. The third-order valence-corrected chi connectivity index (χ3v) is 3.71. The number of carbonyl (C=O) groups excluding carboxylic acids is 1. The number of nitrogens with one attached hydrogen (secondary N) is 1. The Morgan fingerprint density at radius 2 is 2.00 bits per heavy atom. The predicted molar refractivity (Wildman–Crippen MR) is 90.3 cm³/mol. The van der Waals surface area contributed by atoms with E-state index in [1.165, 1.54) is 6.20 Å². The molecular formula is C17H23N5O. The Morgan fingerprint density at radius 1 is 1.26 bits per heavy atom. The number of hydrogen-bond donors (Lipinski definition) is 1. The second kappa shape index (κ2) is 8.22. The Hall–Kier alpha value is -2.50. The van der Waals surface area contributed by atoms with Crippen molar-refractivity contribution in [1.82, 2.24) is 19.9 Å². The number of anilines is 1. The van der Waals surface area contributed by atoms with Crippen LogP contribution in [0.3, 0.4) is 0 Å². The van der Waals surface area contributed by atoms with Gasteiger partial charge in [-0.2, -0.15) is 0 Å². The van der Waals surface area contributed by atoms with E-state index in [0.29, 0.717) is 24.1 Å². The highest BCUT2D eigenvalue weighted by Gasteiger charge is 2.13. The summed E-state index contributed by atoms with van der Waals surface area (Å²) in [6.07, 6.45) is 8.43. The first kappa shape index (κ1) is 16.9. The minimum Gasteiger partial charge on any atom is -0.366 e. The smallest absolute Gasteiger partial charge is 0.273 e. The van der Waals surface area contributed by atoms with Crippen LogP contribution >= 0.6 is 0 Å². The molecule has 122 valence electrons. The second-order valence-corrected chi connectivity index (χ2v) is 5.57. The van der Waals surface area contributed by atoms with Gasteiger partial charge in [-0.15, -0.1) is 0 Å². The number of likely N-dealkylation sites (N-methyl/N-ethyl adjacent to an activating group) is 1. The summed E-state index contributed by atoms with van der Waals surface area (Å²) in [6.45, 7) is 4.80. The van der Waals surface area contributed by atoms with Crippen LogP contribution in [0.15, 0.2) is 36.9 Å². The number of nitrogens with zero attached hydrogens (tertiary/aromatic N) is 4. The number of pyridine rings is 1. The summed E-state index contributed by atoms with van der Waals surface area (Å²) in [5.41, 5.74) is 1.51. The lowest BCUT2D eigenvalue weighted by Gasteiger charge is -2.17. The van der Waals surface area contributed by atoms with Crippen LogP contribution in [0.2, 0.25) is 0 Å². The Kier molecular flexibility index (Phi) is 6.02. The number of amides is 1. The number of rotatable bonds is 7. The minimum atomic E-state index is -0.123. The van der Waals surface area contributed by atoms with Crippen LogP contribution in [0.5, 0.6) is 0 Å². The van der Waals surface area contributed by atoms with E-state index >= 15 is 0 Å². The predicted octanol–water partition coefficient (Wildman–Crippen LogP) is 2.40. The zero-order valence-electron chi connectivity index (χ0n) is 13.9. The molecule has 1 unspecified atom stereocenters. The molecule has 0 aromatic carbocycles. The molecule has 2 aromatic rings. The van der Waals surface area contributed by atoms with Crippen molar-refractivity contribution in [2.45, 2.75) is 32.7 Å². The highest BCUT2D eigenvalue weighted by atomic mass is 16.2. The van der Waals surface area contributed by atoms with Gasteiger partial charge in [-0.1, -0.05) is 6.92 Å². The molecule has 23 heavy (non-hydrogen) atoms. The first-order valence-corrected chi connectivity index (χ1v) is 7.83. The molecule has 0 spiro atoms. The van der Waals surface area contributed by atoms with Gasteiger partial charge >= 0.3 is 0 Å². The summed E-state index contributed by atoms with van der Waals surface area (Å²) in [7, 11) is 1.77. The molecule has 0 saturated carbocycles. The highest BCUT2D eigenvalue weighted by Crippen LogP contribution is 2.07. The van der Waals surface area contributed by atoms with Gasteiger partial charge in [-0.05, 0) is 37.5 Å². The molecule has 1 atom stereocenters. The maximum absolute atomic E-state index is 12.3. The average Bonchev–Trinajstić information content (AvgIpc) is 2.60. The van der Waals surface area contributed by atoms with Crippen molar-refractivity contribution in [3.63, 3.8) is 0 Å². The monoisotopic (exact) mass is 313 g/mol. The molecule has 2 aromatic heterocycles. The third kappa shape index (κ3) is 5.02. The van der Waals surface area contributed by atoms with Gasteiger partial charge in [-0.3, -0.25) is 9.78 Å². The van der Waals surface area contributed by atoms with Crippen molar-refractivity contribution in [3.05, 3.63) is 48.2 Å². The maximum atomic E-state index is 12.3. The van der Waals surface area contributed by atoms with E-state index in [-0.39, 0.29) is 5.91 Å². The van der Waals surface area contributed by atoms with Crippen LogP contribution in [0.1, 0.15) is 36.3 Å². The van der Waals surface area contributed by atoms with E-state index < -0.39 is 0 Å². The van der Waals surface area contributed by atoms with Crippen molar-refractivity contribution >= 4 is 11.7 Å². The van der Waals surface area contributed by atoms with Gasteiger partial charge in [0.15, 0.2) is 0 Å². The molecule has 0 bridgehead atoms. The largest absolute Gasteiger partial charge is 0.366 e. The third-order valence-electron chi connectivity index (χ3n) is 3.71. The standard InChI is InChI=1S/C17H23N5O/c1-4-13(2)21-16-12-19-15(11-20-16)17(23)22(3)10-7-14-5-8-18-9-6-14/h5-6,8-9,11-13H,4,7,10H2,1-3H3,(H,20,21). The molecule has 0 fully saturated rings. The first-order valence-electron chi connectivity index (χ1n) is 7.83. The summed E-state index contributed by atoms with van der Waals surface area (Å²) in [4.78, 5) is 26.5. The van der Waals surface area contributed by atoms with Crippen molar-refractivity contribution in [2.24, 2.45) is 0 Å². The van der Waals surface area contributed by atoms with E-state index in [2.05, 4.69) is 34.1 Å². The number of hydrogen-bond acceptors (Lipinski definition) is 5. The van der Waals surface area contributed by atoms with Crippen LogP contribution < -0.4 is 5.32 Å². The van der Waals surface area contributed by atoms with Gasteiger partial charge in [0.05, 0.1) is 12.4 Å². The molecule has 0 saturated heterocycles. The quantitative estimate of drug-likeness (QED) is 0.850. The normalized spacial score (nSPS) is 11.8. The lowest BCUT2D eigenvalue weighted by Crippen LogP contribution is -2.29. The molecule has 1 amide bonds. The SMILES string of the molecule is CCC(C)Nc1cnc(C(=O)N(C)CCc2ccncc2)cn1. The van der Waals surface area contributed by atoms with Gasteiger partial charge in [0.1, 0.15) is 11.5 Å². The lowest BCUT2D eigenvalue weighted by molar-refractivity contribution is 0.0790. The maximum Gasteiger partial charge on any atom is 0.273 e. The highest BCUT2D eigenvalue weighted by molar-refractivity contribution is 5.91. The minimum absolute atomic E-state index is 0.123. The van der Waals surface area contributed by atoms with Crippen molar-refractivity contribution in [3.8, 4) is 0 Å². The Balaban J connectivity index is 1.91. The van der Waals surface area contributed by atoms with E-state index in [1.54, 1.807) is 30.5 Å². The topological polar surface area (TPSA) is 71.0 Å². The molecular weight excluding hydrogens is 290 g/mol. The molecule has 6 heteroatoms. The van der Waals surface area contributed by atoms with Crippen molar-refractivity contribution in [2.75, 3.05) is 18.9 Å². The Bertz CT molecular complexity index is 615. The fourth-order valence-electron chi connectivity index (χ4n) is 2.01. The van der Waals surface area contributed by atoms with Crippen LogP contribution in [0.4, 0.5) is 5.82 Å². The van der Waals surface area contributed by atoms with E-state index in [4.69, 9.17) is 0 Å². The van der Waals surface area contributed by atoms with Gasteiger partial charge in [0.2, 0.25) is 0 Å². The molecule has 2 rings (SSSR count). The molecule has 1 N–H and O–H groups in total. The average molecular weight is 313 g/mol. The molecule has 0 aliphatic carbocycles. The van der Waals surface area contributed by atoms with E-state index in [1.807, 2.05) is 12.1 Å². The number of aromatic nitrogens is 3. The molecule has 2 heterocycles. The molecule has 0 aliphatic rings. The fraction of sp³-hybridized carbons (Fsp3) is 0.412. The fourth-order valence-corrected chi connectivity index (χ4v) is 2.01. The Morgan fingerprint density at radius 3 is 2.61 bits per heavy atom. The Labute approximate surface area is 137 Å². The molecule has 0 radical (unpaired) electrons. The van der Waals surface area contributed by atoms with E-state index in [0.717, 1.165) is 18.4 Å². The number of carbonyl (C=O) groups is 1. The van der Waals surface area contributed by atoms with Crippen molar-refractivity contribution in [1.29, 1.82) is 0 Å². The summed E-state index contributed by atoms with van der Waals surface area (Å²) in [5.74, 6) is 0.567. The van der Waals surface area contributed by atoms with Gasteiger partial charge in [0.25, 0.3) is 5.91 Å². The zero-order chi connectivity index (χ0) is 16.7. The van der Waals surface area contributed by atoms with Crippen LogP contribution in [-0.4, -0.2) is 45.4 Å². The second-order valence-electron chi connectivity index (χ2n) is 5.57. The van der Waals surface area contributed by atoms with Gasteiger partial charge in [0, 0.05) is 32.0 Å². The van der Waals surface area contributed by atoms with Crippen LogP contribution in [-0.2, 0) is 6.42 Å². The molecule has 6 nitrogen and oxygen atoms in total. The van der Waals surface area contributed by atoms with Gasteiger partial charge < -0.3 is 10.2 Å². The van der Waals surface area contributed by atoms with Gasteiger partial charge in [-0.25, -0.2) is 9.97 Å². The summed E-state index contributed by atoms with van der Waals surface area (Å²) in [5, 5.41) is 3.23. The van der Waals surface area contributed by atoms with Crippen LogP contribution in [0.25, 0.3) is 0 Å².